The predicted octanol–water partition coefficient (Wildman–Crippen LogP) is 1.61. The topological polar surface area (TPSA) is 77.6 Å². The molecule has 0 spiro atoms. The van der Waals surface area contributed by atoms with Crippen LogP contribution in [0, 0.1) is 12.7 Å². The van der Waals surface area contributed by atoms with Crippen molar-refractivity contribution in [3.05, 3.63) is 59.9 Å². The minimum Gasteiger partial charge on any atom is -0.292 e. The molecule has 3 aromatic rings. The van der Waals surface area contributed by atoms with E-state index in [0.717, 1.165) is 5.56 Å². The Morgan fingerprint density at radius 1 is 1.30 bits per heavy atom. The number of carbonyl (C=O) groups excluding carboxylic acids is 1. The summed E-state index contributed by atoms with van der Waals surface area (Å²) in [6, 6.07) is 6.45. The molecule has 0 radical (unpaired) electrons. The number of aryl methyl sites for hydroxylation is 1. The van der Waals surface area contributed by atoms with E-state index in [0.29, 0.717) is 5.56 Å². The molecule has 8 heteroatoms. The number of nitrogens with zero attached hydrogens (tertiary/aromatic N) is 5. The van der Waals surface area contributed by atoms with Crippen molar-refractivity contribution >= 4 is 11.9 Å². The van der Waals surface area contributed by atoms with Crippen molar-refractivity contribution in [3.63, 3.8) is 0 Å². The molecular formula is C15H15FN6O. The van der Waals surface area contributed by atoms with Gasteiger partial charge in [-0.25, -0.2) is 14.1 Å². The van der Waals surface area contributed by atoms with E-state index in [1.54, 1.807) is 30.6 Å². The van der Waals surface area contributed by atoms with E-state index in [1.807, 2.05) is 6.92 Å². The first-order valence-electron chi connectivity index (χ1n) is 7.02. The lowest BCUT2D eigenvalue weighted by Crippen LogP contribution is -2.20. The Morgan fingerprint density at radius 2 is 2.13 bits per heavy atom. The first-order chi connectivity index (χ1) is 11.1. The standard InChI is InChI=1S/C15H15FN6O/c1-11-6-18-21(7-11)9-14(23)19-15-17-10-22(20-15)8-12-4-2-3-5-13(12)16/h2-7,10H,8-9H2,1H3,(H,19,20,23). The van der Waals surface area contributed by atoms with Crippen LogP contribution >= 0.6 is 0 Å². The van der Waals surface area contributed by atoms with E-state index < -0.39 is 0 Å². The number of amides is 1. The summed E-state index contributed by atoms with van der Waals surface area (Å²) >= 11 is 0. The maximum Gasteiger partial charge on any atom is 0.248 e. The molecule has 0 saturated carbocycles. The van der Waals surface area contributed by atoms with Crippen molar-refractivity contribution in [2.24, 2.45) is 0 Å². The minimum atomic E-state index is -0.303. The zero-order chi connectivity index (χ0) is 16.2. The van der Waals surface area contributed by atoms with Gasteiger partial charge < -0.3 is 0 Å². The maximum absolute atomic E-state index is 13.6. The van der Waals surface area contributed by atoms with Crippen LogP contribution in [-0.4, -0.2) is 30.5 Å². The molecule has 0 atom stereocenters. The Hall–Kier alpha value is -3.03. The Labute approximate surface area is 131 Å². The average molecular weight is 314 g/mol. The third kappa shape index (κ3) is 3.79. The molecular weight excluding hydrogens is 299 g/mol. The summed E-state index contributed by atoms with van der Waals surface area (Å²) in [6.45, 7) is 2.22. The molecule has 0 aliphatic carbocycles. The maximum atomic E-state index is 13.6. The first kappa shape index (κ1) is 14.9. The molecule has 0 saturated heterocycles. The van der Waals surface area contributed by atoms with E-state index >= 15 is 0 Å². The predicted molar refractivity (Wildman–Crippen MR) is 81.1 cm³/mol. The molecule has 2 aromatic heterocycles. The van der Waals surface area contributed by atoms with E-state index in [9.17, 15) is 9.18 Å². The van der Waals surface area contributed by atoms with Crippen LogP contribution in [0.1, 0.15) is 11.1 Å². The van der Waals surface area contributed by atoms with Crippen LogP contribution in [-0.2, 0) is 17.9 Å². The SMILES string of the molecule is Cc1cnn(CC(=O)Nc2ncn(Cc3ccccc3F)n2)c1. The second-order valence-electron chi connectivity index (χ2n) is 5.12. The summed E-state index contributed by atoms with van der Waals surface area (Å²) in [5, 5.41) is 10.7. The monoisotopic (exact) mass is 314 g/mol. The van der Waals surface area contributed by atoms with Gasteiger partial charge in [0.15, 0.2) is 0 Å². The lowest BCUT2D eigenvalue weighted by atomic mass is 10.2. The molecule has 1 aromatic carbocycles. The largest absolute Gasteiger partial charge is 0.292 e. The highest BCUT2D eigenvalue weighted by molar-refractivity contribution is 5.88. The summed E-state index contributed by atoms with van der Waals surface area (Å²) in [5.41, 5.74) is 1.48. The van der Waals surface area contributed by atoms with E-state index in [-0.39, 0.29) is 30.8 Å². The van der Waals surface area contributed by atoms with Crippen molar-refractivity contribution in [1.82, 2.24) is 24.5 Å². The Bertz CT molecular complexity index is 825. The van der Waals surface area contributed by atoms with Crippen molar-refractivity contribution in [2.75, 3.05) is 5.32 Å². The van der Waals surface area contributed by atoms with E-state index in [1.165, 1.54) is 21.8 Å². The molecule has 0 aliphatic heterocycles. The molecule has 0 fully saturated rings. The molecule has 0 bridgehead atoms. The average Bonchev–Trinajstić information content (AvgIpc) is 3.11. The van der Waals surface area contributed by atoms with Gasteiger partial charge >= 0.3 is 0 Å². The molecule has 118 valence electrons. The minimum absolute atomic E-state index is 0.0791. The third-order valence-corrected chi connectivity index (χ3v) is 3.15. The molecule has 2 heterocycles. The number of anilines is 1. The number of rotatable bonds is 5. The van der Waals surface area contributed by atoms with Gasteiger partial charge in [-0.1, -0.05) is 18.2 Å². The highest BCUT2D eigenvalue weighted by atomic mass is 19.1. The third-order valence-electron chi connectivity index (χ3n) is 3.15. The number of hydrogen-bond donors (Lipinski definition) is 1. The van der Waals surface area contributed by atoms with Crippen molar-refractivity contribution in [1.29, 1.82) is 0 Å². The van der Waals surface area contributed by atoms with E-state index in [2.05, 4.69) is 20.5 Å². The highest BCUT2D eigenvalue weighted by Gasteiger charge is 2.09. The number of nitrogens with one attached hydrogen (secondary N) is 1. The van der Waals surface area contributed by atoms with Gasteiger partial charge in [-0.3, -0.25) is 14.8 Å². The zero-order valence-corrected chi connectivity index (χ0v) is 12.5. The Morgan fingerprint density at radius 3 is 2.87 bits per heavy atom. The molecule has 3 rings (SSSR count). The quantitative estimate of drug-likeness (QED) is 0.776. The summed E-state index contributed by atoms with van der Waals surface area (Å²) in [6.07, 6.45) is 4.89. The van der Waals surface area contributed by atoms with Gasteiger partial charge in [0, 0.05) is 11.8 Å². The van der Waals surface area contributed by atoms with Gasteiger partial charge in [0.1, 0.15) is 18.7 Å². The second kappa shape index (κ2) is 6.39. The van der Waals surface area contributed by atoms with Gasteiger partial charge in [-0.2, -0.15) is 5.10 Å². The van der Waals surface area contributed by atoms with Crippen LogP contribution in [0.25, 0.3) is 0 Å². The smallest absolute Gasteiger partial charge is 0.248 e. The van der Waals surface area contributed by atoms with Crippen molar-refractivity contribution in [2.45, 2.75) is 20.0 Å². The van der Waals surface area contributed by atoms with Crippen LogP contribution in [0.2, 0.25) is 0 Å². The normalized spacial score (nSPS) is 10.7. The van der Waals surface area contributed by atoms with Crippen molar-refractivity contribution in [3.8, 4) is 0 Å². The fourth-order valence-corrected chi connectivity index (χ4v) is 2.09. The lowest BCUT2D eigenvalue weighted by molar-refractivity contribution is -0.116. The number of halogens is 1. The summed E-state index contributed by atoms with van der Waals surface area (Å²) in [5.74, 6) is -0.408. The molecule has 1 amide bonds. The molecule has 0 unspecified atom stereocenters. The van der Waals surface area contributed by atoms with E-state index in [4.69, 9.17) is 0 Å². The number of benzene rings is 1. The summed E-state index contributed by atoms with van der Waals surface area (Å²) in [4.78, 5) is 15.9. The van der Waals surface area contributed by atoms with Crippen LogP contribution < -0.4 is 5.32 Å². The Kier molecular flexibility index (Phi) is 4.13. The Balaban J connectivity index is 1.61. The molecule has 23 heavy (non-hydrogen) atoms. The highest BCUT2D eigenvalue weighted by Crippen LogP contribution is 2.08. The van der Waals surface area contributed by atoms with Crippen LogP contribution in [0.3, 0.4) is 0 Å². The van der Waals surface area contributed by atoms with Gasteiger partial charge in [0.05, 0.1) is 12.7 Å². The van der Waals surface area contributed by atoms with Crippen LogP contribution in [0.4, 0.5) is 10.3 Å². The molecule has 1 N–H and O–H groups in total. The number of hydrogen-bond acceptors (Lipinski definition) is 4. The zero-order valence-electron chi connectivity index (χ0n) is 12.5. The fourth-order valence-electron chi connectivity index (χ4n) is 2.09. The van der Waals surface area contributed by atoms with Crippen molar-refractivity contribution < 1.29 is 9.18 Å². The number of carbonyl (C=O) groups is 1. The van der Waals surface area contributed by atoms with Gasteiger partial charge in [0.2, 0.25) is 11.9 Å². The molecule has 7 nitrogen and oxygen atoms in total. The van der Waals surface area contributed by atoms with Gasteiger partial charge in [0.25, 0.3) is 0 Å². The molecule has 0 aliphatic rings. The van der Waals surface area contributed by atoms with Gasteiger partial charge in [-0.05, 0) is 18.6 Å². The fraction of sp³-hybridized carbons (Fsp3) is 0.200. The van der Waals surface area contributed by atoms with Crippen LogP contribution in [0.5, 0.6) is 0 Å². The first-order valence-corrected chi connectivity index (χ1v) is 7.02. The summed E-state index contributed by atoms with van der Waals surface area (Å²) < 4.78 is 16.6. The number of aromatic nitrogens is 5. The second-order valence-corrected chi connectivity index (χ2v) is 5.12. The van der Waals surface area contributed by atoms with Gasteiger partial charge in [-0.15, -0.1) is 5.10 Å². The van der Waals surface area contributed by atoms with Crippen LogP contribution in [0.15, 0.2) is 43.0 Å². The lowest BCUT2D eigenvalue weighted by Gasteiger charge is -2.03. The summed E-state index contributed by atoms with van der Waals surface area (Å²) in [7, 11) is 0.